The summed E-state index contributed by atoms with van der Waals surface area (Å²) >= 11 is 0. The topological polar surface area (TPSA) is 58.6 Å². The van der Waals surface area contributed by atoms with Crippen LogP contribution in [0.4, 0.5) is 0 Å². The molecule has 0 amide bonds. The molecule has 5 nitrogen and oxygen atoms in total. The zero-order valence-electron chi connectivity index (χ0n) is 9.94. The molecule has 1 aliphatic rings. The van der Waals surface area contributed by atoms with Gasteiger partial charge in [-0.05, 0) is 25.9 Å². The molecule has 1 aliphatic heterocycles. The molecule has 6 heteroatoms. The Morgan fingerprint density at radius 3 is 2.56 bits per heavy atom. The molecular formula is C10H22N2O3S. The van der Waals surface area contributed by atoms with Crippen molar-refractivity contribution in [2.45, 2.75) is 19.8 Å². The predicted molar refractivity (Wildman–Crippen MR) is 64.0 cm³/mol. The molecule has 1 N–H and O–H groups in total. The number of morpholine rings is 1. The number of ether oxygens (including phenoxy) is 1. The molecule has 1 fully saturated rings. The molecule has 1 saturated heterocycles. The molecule has 0 bridgehead atoms. The van der Waals surface area contributed by atoms with Crippen molar-refractivity contribution in [2.75, 3.05) is 45.1 Å². The molecule has 0 radical (unpaired) electrons. The van der Waals surface area contributed by atoms with Crippen LogP contribution in [0.25, 0.3) is 0 Å². The molecule has 0 aromatic heterocycles. The van der Waals surface area contributed by atoms with E-state index < -0.39 is 10.0 Å². The maximum absolute atomic E-state index is 11.9. The summed E-state index contributed by atoms with van der Waals surface area (Å²) in [5.41, 5.74) is 0. The van der Waals surface area contributed by atoms with Crippen LogP contribution in [0.15, 0.2) is 0 Å². The number of rotatable bonds is 7. The van der Waals surface area contributed by atoms with Crippen molar-refractivity contribution in [3.63, 3.8) is 0 Å². The van der Waals surface area contributed by atoms with Crippen LogP contribution >= 0.6 is 0 Å². The SMILES string of the molecule is CCCNCCCS(=O)(=O)N1CCOCC1. The largest absolute Gasteiger partial charge is 0.379 e. The van der Waals surface area contributed by atoms with Crippen molar-refractivity contribution < 1.29 is 13.2 Å². The van der Waals surface area contributed by atoms with E-state index in [4.69, 9.17) is 4.74 Å². The molecule has 0 aromatic rings. The highest BCUT2D eigenvalue weighted by Gasteiger charge is 2.23. The Balaban J connectivity index is 2.22. The van der Waals surface area contributed by atoms with Gasteiger partial charge in [0.05, 0.1) is 19.0 Å². The van der Waals surface area contributed by atoms with Gasteiger partial charge < -0.3 is 10.1 Å². The van der Waals surface area contributed by atoms with Crippen LogP contribution in [0.3, 0.4) is 0 Å². The summed E-state index contributed by atoms with van der Waals surface area (Å²) in [5.74, 6) is 0.240. The van der Waals surface area contributed by atoms with Crippen LogP contribution < -0.4 is 5.32 Å². The summed E-state index contributed by atoms with van der Waals surface area (Å²) in [6.07, 6.45) is 1.76. The van der Waals surface area contributed by atoms with Crippen LogP contribution in [0.5, 0.6) is 0 Å². The molecule has 16 heavy (non-hydrogen) atoms. The molecule has 0 aliphatic carbocycles. The molecule has 0 spiro atoms. The monoisotopic (exact) mass is 250 g/mol. The molecule has 0 atom stereocenters. The Hall–Kier alpha value is -0.170. The lowest BCUT2D eigenvalue weighted by atomic mass is 10.4. The van der Waals surface area contributed by atoms with Gasteiger partial charge in [-0.25, -0.2) is 8.42 Å². The van der Waals surface area contributed by atoms with E-state index in [0.29, 0.717) is 32.7 Å². The Kier molecular flexibility index (Phi) is 6.26. The van der Waals surface area contributed by atoms with E-state index in [1.165, 1.54) is 4.31 Å². The van der Waals surface area contributed by atoms with Gasteiger partial charge in [0.25, 0.3) is 0 Å². The van der Waals surface area contributed by atoms with Crippen LogP contribution in [0.2, 0.25) is 0 Å². The fraction of sp³-hybridized carbons (Fsp3) is 1.00. The summed E-state index contributed by atoms with van der Waals surface area (Å²) < 4.78 is 30.4. The number of nitrogens with zero attached hydrogens (tertiary/aromatic N) is 1. The lowest BCUT2D eigenvalue weighted by Crippen LogP contribution is -2.42. The van der Waals surface area contributed by atoms with Crippen molar-refractivity contribution >= 4 is 10.0 Å². The van der Waals surface area contributed by atoms with Crippen molar-refractivity contribution in [1.29, 1.82) is 0 Å². The second-order valence-corrected chi connectivity index (χ2v) is 6.02. The third-order valence-corrected chi connectivity index (χ3v) is 4.50. The number of sulfonamides is 1. The highest BCUT2D eigenvalue weighted by molar-refractivity contribution is 7.89. The minimum atomic E-state index is -3.06. The van der Waals surface area contributed by atoms with Gasteiger partial charge in [0.1, 0.15) is 0 Å². The molecular weight excluding hydrogens is 228 g/mol. The summed E-state index contributed by atoms with van der Waals surface area (Å²) in [6, 6.07) is 0. The average Bonchev–Trinajstić information content (AvgIpc) is 2.30. The Morgan fingerprint density at radius 2 is 1.94 bits per heavy atom. The summed E-state index contributed by atoms with van der Waals surface area (Å²) in [4.78, 5) is 0. The zero-order valence-corrected chi connectivity index (χ0v) is 10.8. The van der Waals surface area contributed by atoms with E-state index in [0.717, 1.165) is 19.5 Å². The van der Waals surface area contributed by atoms with E-state index in [9.17, 15) is 8.42 Å². The zero-order chi connectivity index (χ0) is 11.9. The van der Waals surface area contributed by atoms with E-state index in [1.807, 2.05) is 0 Å². The molecule has 0 aromatic carbocycles. The maximum Gasteiger partial charge on any atom is 0.214 e. The highest BCUT2D eigenvalue weighted by Crippen LogP contribution is 2.06. The number of nitrogens with one attached hydrogen (secondary N) is 1. The van der Waals surface area contributed by atoms with Gasteiger partial charge in [-0.1, -0.05) is 6.92 Å². The minimum absolute atomic E-state index is 0.240. The van der Waals surface area contributed by atoms with Crippen LogP contribution in [-0.4, -0.2) is 57.9 Å². The lowest BCUT2D eigenvalue weighted by Gasteiger charge is -2.26. The van der Waals surface area contributed by atoms with Gasteiger partial charge in [0, 0.05) is 13.1 Å². The first-order chi connectivity index (χ1) is 7.67. The van der Waals surface area contributed by atoms with Gasteiger partial charge in [-0.3, -0.25) is 0 Å². The molecule has 1 heterocycles. The second kappa shape index (κ2) is 7.21. The first-order valence-electron chi connectivity index (χ1n) is 5.93. The van der Waals surface area contributed by atoms with Gasteiger partial charge in [0.2, 0.25) is 10.0 Å². The summed E-state index contributed by atoms with van der Waals surface area (Å²) in [6.45, 7) is 5.88. The fourth-order valence-corrected chi connectivity index (χ4v) is 3.11. The first-order valence-corrected chi connectivity index (χ1v) is 7.54. The van der Waals surface area contributed by atoms with Gasteiger partial charge in [-0.2, -0.15) is 4.31 Å². The average molecular weight is 250 g/mol. The smallest absolute Gasteiger partial charge is 0.214 e. The normalized spacial score (nSPS) is 18.8. The fourth-order valence-electron chi connectivity index (χ4n) is 1.64. The Bertz CT molecular complexity index is 274. The summed E-state index contributed by atoms with van der Waals surface area (Å²) in [5, 5.41) is 3.20. The molecule has 0 unspecified atom stereocenters. The summed E-state index contributed by atoms with van der Waals surface area (Å²) in [7, 11) is -3.06. The Labute approximate surface area is 98.2 Å². The predicted octanol–water partition coefficient (Wildman–Crippen LogP) is 0.0381. The van der Waals surface area contributed by atoms with E-state index in [1.54, 1.807) is 0 Å². The second-order valence-electron chi connectivity index (χ2n) is 3.93. The van der Waals surface area contributed by atoms with Crippen molar-refractivity contribution in [3.05, 3.63) is 0 Å². The van der Waals surface area contributed by atoms with Gasteiger partial charge in [0.15, 0.2) is 0 Å². The van der Waals surface area contributed by atoms with Crippen LogP contribution in [-0.2, 0) is 14.8 Å². The van der Waals surface area contributed by atoms with Gasteiger partial charge >= 0.3 is 0 Å². The number of hydrogen-bond donors (Lipinski definition) is 1. The third-order valence-electron chi connectivity index (χ3n) is 2.55. The van der Waals surface area contributed by atoms with Gasteiger partial charge in [-0.15, -0.1) is 0 Å². The minimum Gasteiger partial charge on any atom is -0.379 e. The van der Waals surface area contributed by atoms with Crippen molar-refractivity contribution in [1.82, 2.24) is 9.62 Å². The van der Waals surface area contributed by atoms with Crippen molar-refractivity contribution in [2.24, 2.45) is 0 Å². The Morgan fingerprint density at radius 1 is 1.25 bits per heavy atom. The van der Waals surface area contributed by atoms with Crippen LogP contribution in [0, 0.1) is 0 Å². The standard InChI is InChI=1S/C10H22N2O3S/c1-2-4-11-5-3-10-16(13,14)12-6-8-15-9-7-12/h11H,2-10H2,1H3. The molecule has 96 valence electrons. The third kappa shape index (κ3) is 4.78. The van der Waals surface area contributed by atoms with E-state index in [2.05, 4.69) is 12.2 Å². The molecule has 1 rings (SSSR count). The van der Waals surface area contributed by atoms with Crippen LogP contribution in [0.1, 0.15) is 19.8 Å². The van der Waals surface area contributed by atoms with E-state index >= 15 is 0 Å². The lowest BCUT2D eigenvalue weighted by molar-refractivity contribution is 0.0730. The van der Waals surface area contributed by atoms with Crippen molar-refractivity contribution in [3.8, 4) is 0 Å². The quantitative estimate of drug-likeness (QED) is 0.648. The maximum atomic E-state index is 11.9. The number of hydrogen-bond acceptors (Lipinski definition) is 4. The van der Waals surface area contributed by atoms with E-state index in [-0.39, 0.29) is 5.75 Å². The molecule has 0 saturated carbocycles. The highest BCUT2D eigenvalue weighted by atomic mass is 32.2. The first kappa shape index (κ1) is 13.9.